The highest BCUT2D eigenvalue weighted by Crippen LogP contribution is 2.15. The average Bonchev–Trinajstić information content (AvgIpc) is 2.25. The first-order valence-corrected chi connectivity index (χ1v) is 6.24. The Hall–Kier alpha value is -1.71. The molecule has 0 saturated carbocycles. The molecule has 1 aromatic rings. The van der Waals surface area contributed by atoms with Crippen molar-refractivity contribution in [1.82, 2.24) is 0 Å². The van der Waals surface area contributed by atoms with Crippen molar-refractivity contribution in [3.05, 3.63) is 24.3 Å². The monoisotopic (exact) mass is 250 g/mol. The van der Waals surface area contributed by atoms with E-state index in [1.165, 1.54) is 0 Å². The Bertz CT molecular complexity index is 380. The van der Waals surface area contributed by atoms with Crippen molar-refractivity contribution >= 4 is 17.5 Å². The van der Waals surface area contributed by atoms with Gasteiger partial charge in [-0.05, 0) is 51.5 Å². The van der Waals surface area contributed by atoms with E-state index in [9.17, 15) is 4.79 Å². The van der Waals surface area contributed by atoms with Gasteiger partial charge in [0.05, 0.1) is 0 Å². The molecule has 4 heteroatoms. The van der Waals surface area contributed by atoms with Gasteiger partial charge in [0.2, 0.25) is 0 Å². The van der Waals surface area contributed by atoms with Gasteiger partial charge < -0.3 is 10.1 Å². The van der Waals surface area contributed by atoms with Crippen molar-refractivity contribution in [1.29, 1.82) is 0 Å². The minimum atomic E-state index is -0.479. The Morgan fingerprint density at radius 3 is 2.22 bits per heavy atom. The Morgan fingerprint density at radius 1 is 1.17 bits per heavy atom. The second-order valence-corrected chi connectivity index (χ2v) is 5.13. The van der Waals surface area contributed by atoms with E-state index in [-0.39, 0.29) is 0 Å². The number of carbonyl (C=O) groups excluding carboxylic acids is 1. The summed E-state index contributed by atoms with van der Waals surface area (Å²) in [7, 11) is 0. The molecule has 0 heterocycles. The largest absolute Gasteiger partial charge is 0.444 e. The Morgan fingerprint density at radius 2 is 1.72 bits per heavy atom. The van der Waals surface area contributed by atoms with Crippen LogP contribution in [0.2, 0.25) is 0 Å². The maximum atomic E-state index is 11.5. The first-order valence-electron chi connectivity index (χ1n) is 6.24. The van der Waals surface area contributed by atoms with Crippen molar-refractivity contribution in [2.75, 3.05) is 17.2 Å². The zero-order valence-corrected chi connectivity index (χ0v) is 11.5. The summed E-state index contributed by atoms with van der Waals surface area (Å²) >= 11 is 0. The quantitative estimate of drug-likeness (QED) is 0.853. The zero-order chi connectivity index (χ0) is 13.6. The molecule has 1 aromatic carbocycles. The lowest BCUT2D eigenvalue weighted by Gasteiger charge is -2.19. The standard InChI is InChI=1S/C14H22N2O2/c1-5-10-15-11-6-8-12(9-7-11)16-13(17)18-14(2,3)4/h6-9,15H,5,10H2,1-4H3,(H,16,17). The van der Waals surface area contributed by atoms with Crippen LogP contribution in [0.5, 0.6) is 0 Å². The Kier molecular flexibility index (Phi) is 5.01. The predicted molar refractivity (Wildman–Crippen MR) is 75.1 cm³/mol. The summed E-state index contributed by atoms with van der Waals surface area (Å²) in [5.41, 5.74) is 1.30. The van der Waals surface area contributed by atoms with Gasteiger partial charge in [0, 0.05) is 17.9 Å². The molecule has 0 bridgehead atoms. The van der Waals surface area contributed by atoms with Crippen molar-refractivity contribution in [3.8, 4) is 0 Å². The number of ether oxygens (including phenoxy) is 1. The van der Waals surface area contributed by atoms with E-state index < -0.39 is 11.7 Å². The molecule has 0 spiro atoms. The van der Waals surface area contributed by atoms with Crippen LogP contribution in [0.4, 0.5) is 16.2 Å². The summed E-state index contributed by atoms with van der Waals surface area (Å²) in [4.78, 5) is 11.5. The molecular formula is C14H22N2O2. The molecular weight excluding hydrogens is 228 g/mol. The molecule has 1 amide bonds. The smallest absolute Gasteiger partial charge is 0.412 e. The second-order valence-electron chi connectivity index (χ2n) is 5.13. The van der Waals surface area contributed by atoms with Crippen molar-refractivity contribution in [2.24, 2.45) is 0 Å². The first kappa shape index (κ1) is 14.4. The maximum absolute atomic E-state index is 11.5. The summed E-state index contributed by atoms with van der Waals surface area (Å²) in [6, 6.07) is 7.56. The van der Waals surface area contributed by atoms with Crippen molar-refractivity contribution in [2.45, 2.75) is 39.7 Å². The molecule has 0 saturated heterocycles. The molecule has 0 fully saturated rings. The third-order valence-electron chi connectivity index (χ3n) is 2.11. The summed E-state index contributed by atoms with van der Waals surface area (Å²) in [5, 5.41) is 5.96. The van der Waals surface area contributed by atoms with E-state index in [1.807, 2.05) is 45.0 Å². The topological polar surface area (TPSA) is 50.4 Å². The van der Waals surface area contributed by atoms with Crippen LogP contribution in [0.25, 0.3) is 0 Å². The fourth-order valence-corrected chi connectivity index (χ4v) is 1.36. The summed E-state index contributed by atoms with van der Waals surface area (Å²) in [6.45, 7) is 8.57. The van der Waals surface area contributed by atoms with E-state index in [2.05, 4.69) is 17.6 Å². The normalized spacial score (nSPS) is 10.9. The van der Waals surface area contributed by atoms with Crippen LogP contribution in [0.1, 0.15) is 34.1 Å². The van der Waals surface area contributed by atoms with Gasteiger partial charge >= 0.3 is 6.09 Å². The van der Waals surface area contributed by atoms with Gasteiger partial charge in [0.25, 0.3) is 0 Å². The molecule has 0 aromatic heterocycles. The molecule has 0 aliphatic rings. The summed E-state index contributed by atoms with van der Waals surface area (Å²) in [5.74, 6) is 0. The number of rotatable bonds is 4. The number of nitrogens with one attached hydrogen (secondary N) is 2. The highest BCUT2D eigenvalue weighted by molar-refractivity contribution is 5.85. The first-order chi connectivity index (χ1) is 8.40. The highest BCUT2D eigenvalue weighted by atomic mass is 16.6. The van der Waals surface area contributed by atoms with Crippen molar-refractivity contribution in [3.63, 3.8) is 0 Å². The van der Waals surface area contributed by atoms with E-state index in [1.54, 1.807) is 0 Å². The van der Waals surface area contributed by atoms with Gasteiger partial charge in [-0.25, -0.2) is 4.79 Å². The molecule has 0 radical (unpaired) electrons. The van der Waals surface area contributed by atoms with E-state index in [0.717, 1.165) is 24.3 Å². The van der Waals surface area contributed by atoms with Gasteiger partial charge in [0.1, 0.15) is 5.60 Å². The minimum Gasteiger partial charge on any atom is -0.444 e. The highest BCUT2D eigenvalue weighted by Gasteiger charge is 2.15. The third-order valence-corrected chi connectivity index (χ3v) is 2.11. The van der Waals surface area contributed by atoms with Crippen LogP contribution in [-0.4, -0.2) is 18.2 Å². The lowest BCUT2D eigenvalue weighted by atomic mass is 10.2. The molecule has 1 rings (SSSR count). The fourth-order valence-electron chi connectivity index (χ4n) is 1.36. The second kappa shape index (κ2) is 6.28. The molecule has 100 valence electrons. The Balaban J connectivity index is 2.50. The lowest BCUT2D eigenvalue weighted by molar-refractivity contribution is 0.0636. The average molecular weight is 250 g/mol. The lowest BCUT2D eigenvalue weighted by Crippen LogP contribution is -2.27. The maximum Gasteiger partial charge on any atom is 0.412 e. The van der Waals surface area contributed by atoms with Crippen LogP contribution in [-0.2, 0) is 4.74 Å². The van der Waals surface area contributed by atoms with Gasteiger partial charge in [-0.2, -0.15) is 0 Å². The zero-order valence-electron chi connectivity index (χ0n) is 11.5. The molecule has 4 nitrogen and oxygen atoms in total. The van der Waals surface area contributed by atoms with Crippen LogP contribution in [0.3, 0.4) is 0 Å². The summed E-state index contributed by atoms with van der Waals surface area (Å²) in [6.07, 6.45) is 0.648. The van der Waals surface area contributed by atoms with Crippen LogP contribution >= 0.6 is 0 Å². The number of hydrogen-bond acceptors (Lipinski definition) is 3. The number of carbonyl (C=O) groups is 1. The third kappa shape index (κ3) is 5.57. The molecule has 0 aliphatic heterocycles. The van der Waals surface area contributed by atoms with Crippen molar-refractivity contribution < 1.29 is 9.53 Å². The van der Waals surface area contributed by atoms with Gasteiger partial charge in [-0.3, -0.25) is 5.32 Å². The molecule has 2 N–H and O–H groups in total. The SMILES string of the molecule is CCCNc1ccc(NC(=O)OC(C)(C)C)cc1. The van der Waals surface area contributed by atoms with E-state index in [4.69, 9.17) is 4.74 Å². The Labute approximate surface area is 109 Å². The molecule has 18 heavy (non-hydrogen) atoms. The van der Waals surface area contributed by atoms with Crippen LogP contribution < -0.4 is 10.6 Å². The van der Waals surface area contributed by atoms with Gasteiger partial charge in [0.15, 0.2) is 0 Å². The van der Waals surface area contributed by atoms with Gasteiger partial charge in [-0.1, -0.05) is 6.92 Å². The molecule has 0 unspecified atom stereocenters. The fraction of sp³-hybridized carbons (Fsp3) is 0.500. The number of amides is 1. The van der Waals surface area contributed by atoms with Crippen LogP contribution in [0.15, 0.2) is 24.3 Å². The minimum absolute atomic E-state index is 0.434. The predicted octanol–water partition coefficient (Wildman–Crippen LogP) is 3.86. The van der Waals surface area contributed by atoms with Gasteiger partial charge in [-0.15, -0.1) is 0 Å². The van der Waals surface area contributed by atoms with Crippen LogP contribution in [0, 0.1) is 0 Å². The molecule has 0 aliphatic carbocycles. The number of benzene rings is 1. The van der Waals surface area contributed by atoms with E-state index >= 15 is 0 Å². The van der Waals surface area contributed by atoms with E-state index in [0.29, 0.717) is 0 Å². The molecule has 0 atom stereocenters. The number of anilines is 2. The number of hydrogen-bond donors (Lipinski definition) is 2. The summed E-state index contributed by atoms with van der Waals surface area (Å²) < 4.78 is 5.17.